The van der Waals surface area contributed by atoms with Crippen LogP contribution >= 0.6 is 24.0 Å². The fourth-order valence-electron chi connectivity index (χ4n) is 3.23. The monoisotopic (exact) mass is 501 g/mol. The van der Waals surface area contributed by atoms with E-state index in [0.717, 1.165) is 58.1 Å². The molecule has 0 atom stereocenters. The molecule has 0 spiro atoms. The maximum atomic E-state index is 5.10. The zero-order chi connectivity index (χ0) is 19.5. The van der Waals surface area contributed by atoms with Gasteiger partial charge in [0.25, 0.3) is 0 Å². The first kappa shape index (κ1) is 24.7. The van der Waals surface area contributed by atoms with E-state index in [1.807, 2.05) is 0 Å². The molecular weight excluding hydrogens is 465 g/mol. The second-order valence-corrected chi connectivity index (χ2v) is 6.86. The number of benzene rings is 1. The topological polar surface area (TPSA) is 64.7 Å². The Bertz CT molecular complexity index is 716. The predicted molar refractivity (Wildman–Crippen MR) is 130 cm³/mol. The van der Waals surface area contributed by atoms with Crippen molar-refractivity contribution in [3.8, 4) is 0 Å². The molecule has 7 heteroatoms. The van der Waals surface area contributed by atoms with Crippen molar-refractivity contribution in [2.24, 2.45) is 4.99 Å². The van der Waals surface area contributed by atoms with Crippen LogP contribution in [0.5, 0.6) is 0 Å². The van der Waals surface area contributed by atoms with E-state index < -0.39 is 0 Å². The Balaban J connectivity index is 0.00000392. The largest absolute Gasteiger partial charge is 0.385 e. The molecule has 0 fully saturated rings. The summed E-state index contributed by atoms with van der Waals surface area (Å²) in [5, 5.41) is 8.11. The first-order valence-electron chi connectivity index (χ1n) is 9.91. The number of fused-ring (bicyclic) bond motifs is 1. The maximum absolute atomic E-state index is 5.10. The smallest absolute Gasteiger partial charge is 0.191 e. The van der Waals surface area contributed by atoms with Gasteiger partial charge in [-0.05, 0) is 45.4 Å². The highest BCUT2D eigenvalue weighted by Crippen LogP contribution is 2.21. The summed E-state index contributed by atoms with van der Waals surface area (Å²) in [5.74, 6) is 0.889. The molecule has 2 aromatic rings. The third kappa shape index (κ3) is 7.97. The van der Waals surface area contributed by atoms with E-state index in [-0.39, 0.29) is 24.0 Å². The molecule has 1 heterocycles. The zero-order valence-electron chi connectivity index (χ0n) is 17.7. The summed E-state index contributed by atoms with van der Waals surface area (Å²) in [6.07, 6.45) is 2.02. The molecule has 158 valence electrons. The van der Waals surface area contributed by atoms with Crippen molar-refractivity contribution in [1.29, 1.82) is 0 Å². The summed E-state index contributed by atoms with van der Waals surface area (Å²) in [5.41, 5.74) is 3.84. The fraction of sp³-hybridized carbons (Fsp3) is 0.571. The average molecular weight is 501 g/mol. The third-order valence-corrected chi connectivity index (χ3v) is 4.68. The number of para-hydroxylation sites is 1. The number of aryl methyl sites for hydroxylation is 1. The summed E-state index contributed by atoms with van der Waals surface area (Å²) < 4.78 is 5.10. The van der Waals surface area contributed by atoms with E-state index in [2.05, 4.69) is 65.7 Å². The lowest BCUT2D eigenvalue weighted by Crippen LogP contribution is -2.39. The van der Waals surface area contributed by atoms with E-state index in [1.165, 1.54) is 22.2 Å². The molecule has 0 aliphatic heterocycles. The van der Waals surface area contributed by atoms with Gasteiger partial charge in [0.1, 0.15) is 0 Å². The van der Waals surface area contributed by atoms with Gasteiger partial charge in [0, 0.05) is 56.5 Å². The van der Waals surface area contributed by atoms with E-state index in [1.54, 1.807) is 7.11 Å². The van der Waals surface area contributed by atoms with Crippen LogP contribution in [0, 0.1) is 6.92 Å². The van der Waals surface area contributed by atoms with Crippen LogP contribution in [0.4, 0.5) is 0 Å². The maximum Gasteiger partial charge on any atom is 0.191 e. The highest BCUT2D eigenvalue weighted by molar-refractivity contribution is 14.0. The average Bonchev–Trinajstić information content (AvgIpc) is 2.97. The Hall–Kier alpha value is -1.32. The lowest BCUT2D eigenvalue weighted by Gasteiger charge is -2.16. The molecule has 2 rings (SSSR count). The van der Waals surface area contributed by atoms with E-state index in [9.17, 15) is 0 Å². The van der Waals surface area contributed by atoms with Crippen molar-refractivity contribution in [3.63, 3.8) is 0 Å². The van der Waals surface area contributed by atoms with Gasteiger partial charge in [-0.3, -0.25) is 4.99 Å². The van der Waals surface area contributed by atoms with Crippen LogP contribution in [0.1, 0.15) is 24.6 Å². The van der Waals surface area contributed by atoms with Crippen LogP contribution in [-0.2, 0) is 11.2 Å². The molecule has 6 nitrogen and oxygen atoms in total. The summed E-state index contributed by atoms with van der Waals surface area (Å²) in [6.45, 7) is 9.54. The van der Waals surface area contributed by atoms with Gasteiger partial charge in [0.05, 0.1) is 6.54 Å². The van der Waals surface area contributed by atoms with Crippen LogP contribution in [0.25, 0.3) is 10.9 Å². The number of aromatic nitrogens is 1. The van der Waals surface area contributed by atoms with Gasteiger partial charge in [0.2, 0.25) is 0 Å². The highest BCUT2D eigenvalue weighted by atomic mass is 127. The lowest BCUT2D eigenvalue weighted by atomic mass is 10.1. The third-order valence-electron chi connectivity index (χ3n) is 4.68. The van der Waals surface area contributed by atoms with Crippen LogP contribution in [0.3, 0.4) is 0 Å². The summed E-state index contributed by atoms with van der Waals surface area (Å²) in [4.78, 5) is 10.5. The van der Waals surface area contributed by atoms with Gasteiger partial charge < -0.3 is 25.3 Å². The number of hydrogen-bond donors (Lipinski definition) is 3. The Morgan fingerprint density at radius 2 is 2.00 bits per heavy atom. The second-order valence-electron chi connectivity index (χ2n) is 6.86. The van der Waals surface area contributed by atoms with Crippen LogP contribution in [0.15, 0.2) is 29.3 Å². The minimum absolute atomic E-state index is 0. The molecule has 0 saturated carbocycles. The predicted octanol–water partition coefficient (Wildman–Crippen LogP) is 3.16. The molecule has 0 aliphatic carbocycles. The van der Waals surface area contributed by atoms with Crippen molar-refractivity contribution >= 4 is 40.8 Å². The van der Waals surface area contributed by atoms with Crippen molar-refractivity contribution in [2.45, 2.75) is 26.7 Å². The molecule has 0 radical (unpaired) electrons. The number of rotatable bonds is 11. The Morgan fingerprint density at radius 3 is 2.75 bits per heavy atom. The molecule has 3 N–H and O–H groups in total. The van der Waals surface area contributed by atoms with Crippen LogP contribution in [0.2, 0.25) is 0 Å². The fourth-order valence-corrected chi connectivity index (χ4v) is 3.23. The normalized spacial score (nSPS) is 11.7. The van der Waals surface area contributed by atoms with Crippen molar-refractivity contribution in [3.05, 3.63) is 35.5 Å². The van der Waals surface area contributed by atoms with E-state index in [0.29, 0.717) is 0 Å². The van der Waals surface area contributed by atoms with Crippen molar-refractivity contribution < 1.29 is 4.74 Å². The molecular formula is C21H36IN5O. The van der Waals surface area contributed by atoms with E-state index in [4.69, 9.17) is 9.73 Å². The first-order valence-corrected chi connectivity index (χ1v) is 9.91. The number of halogens is 1. The van der Waals surface area contributed by atoms with Crippen molar-refractivity contribution in [2.75, 3.05) is 53.5 Å². The number of nitrogens with one attached hydrogen (secondary N) is 3. The number of hydrogen-bond acceptors (Lipinski definition) is 3. The summed E-state index contributed by atoms with van der Waals surface area (Å²) in [7, 11) is 3.88. The van der Waals surface area contributed by atoms with Gasteiger partial charge in [-0.15, -0.1) is 24.0 Å². The molecule has 0 saturated heterocycles. The van der Waals surface area contributed by atoms with Gasteiger partial charge >= 0.3 is 0 Å². The summed E-state index contributed by atoms with van der Waals surface area (Å²) in [6, 6.07) is 8.49. The second kappa shape index (κ2) is 13.8. The Labute approximate surface area is 186 Å². The van der Waals surface area contributed by atoms with Gasteiger partial charge in [-0.25, -0.2) is 0 Å². The van der Waals surface area contributed by atoms with Crippen molar-refractivity contribution in [1.82, 2.24) is 20.5 Å². The lowest BCUT2D eigenvalue weighted by molar-refractivity contribution is 0.180. The molecule has 28 heavy (non-hydrogen) atoms. The Morgan fingerprint density at radius 1 is 1.21 bits per heavy atom. The molecule has 1 aromatic carbocycles. The van der Waals surface area contributed by atoms with Crippen LogP contribution in [-0.4, -0.2) is 69.3 Å². The molecule has 0 aliphatic rings. The number of nitrogens with zero attached hydrogens (tertiary/aromatic N) is 2. The van der Waals surface area contributed by atoms with Gasteiger partial charge in [-0.1, -0.05) is 18.2 Å². The van der Waals surface area contributed by atoms with Crippen LogP contribution < -0.4 is 10.6 Å². The number of aromatic amines is 1. The number of ether oxygens (including phenoxy) is 1. The first-order chi connectivity index (χ1) is 13.2. The molecule has 0 unspecified atom stereocenters. The number of H-pyrrole nitrogens is 1. The van der Waals surface area contributed by atoms with E-state index >= 15 is 0 Å². The van der Waals surface area contributed by atoms with Gasteiger partial charge in [-0.2, -0.15) is 0 Å². The molecule has 1 aromatic heterocycles. The number of likely N-dealkylation sites (N-methyl/N-ethyl adjacent to an activating group) is 1. The number of guanidine groups is 1. The minimum Gasteiger partial charge on any atom is -0.385 e. The minimum atomic E-state index is 0. The number of methoxy groups -OCH3 is 1. The SMILES string of the molecule is CCNC(=NCCN(C)CCCOC)NCCc1c(C)[nH]c2ccccc12.I. The Kier molecular flexibility index (Phi) is 12.2. The standard InChI is InChI=1S/C21H35N5O.HI/c1-5-22-21(24-13-15-26(3)14-8-16-27-4)23-12-11-18-17(2)25-20-10-7-6-9-19(18)20;/h6-7,9-10,25H,5,8,11-16H2,1-4H3,(H2,22,23,24);1H. The quantitative estimate of drug-likeness (QED) is 0.192. The number of aliphatic imine (C=N–C) groups is 1. The molecule has 0 amide bonds. The van der Waals surface area contributed by atoms with Gasteiger partial charge in [0.15, 0.2) is 5.96 Å². The summed E-state index contributed by atoms with van der Waals surface area (Å²) >= 11 is 0. The zero-order valence-corrected chi connectivity index (χ0v) is 20.0. The molecule has 0 bridgehead atoms. The highest BCUT2D eigenvalue weighted by Gasteiger charge is 2.08.